The lowest BCUT2D eigenvalue weighted by atomic mass is 10.4. The van der Waals surface area contributed by atoms with E-state index in [1.165, 1.54) is 0 Å². The summed E-state index contributed by atoms with van der Waals surface area (Å²) in [5.41, 5.74) is 0. The molecule has 0 radical (unpaired) electrons. The summed E-state index contributed by atoms with van der Waals surface area (Å²) < 4.78 is 10.2. The molecule has 5 heteroatoms. The fourth-order valence-electron chi connectivity index (χ4n) is 1.21. The zero-order chi connectivity index (χ0) is 10.4. The maximum absolute atomic E-state index is 11.1. The largest absolute Gasteiger partial charge is 0.464 e. The van der Waals surface area contributed by atoms with E-state index in [2.05, 4.69) is 27.5 Å². The number of esters is 1. The van der Waals surface area contributed by atoms with E-state index >= 15 is 0 Å². The summed E-state index contributed by atoms with van der Waals surface area (Å²) in [7, 11) is 0. The first-order chi connectivity index (χ1) is 6.70. The van der Waals surface area contributed by atoms with E-state index in [9.17, 15) is 4.79 Å². The van der Waals surface area contributed by atoms with E-state index in [1.54, 1.807) is 0 Å². The van der Waals surface area contributed by atoms with Crippen LogP contribution in [0.3, 0.4) is 0 Å². The van der Waals surface area contributed by atoms with Crippen molar-refractivity contribution in [1.82, 2.24) is 4.90 Å². The third kappa shape index (κ3) is 4.56. The van der Waals surface area contributed by atoms with E-state index in [0.29, 0.717) is 6.61 Å². The van der Waals surface area contributed by atoms with Gasteiger partial charge in [-0.1, -0.05) is 22.6 Å². The highest BCUT2D eigenvalue weighted by Crippen LogP contribution is 2.01. The first kappa shape index (κ1) is 12.2. The van der Waals surface area contributed by atoms with E-state index in [-0.39, 0.29) is 9.89 Å². The second kappa shape index (κ2) is 6.58. The summed E-state index contributed by atoms with van der Waals surface area (Å²) in [6.07, 6.45) is 0. The first-order valence-corrected chi connectivity index (χ1v) is 6.05. The van der Waals surface area contributed by atoms with Gasteiger partial charge in [0.25, 0.3) is 0 Å². The smallest absolute Gasteiger partial charge is 0.318 e. The number of hydrogen-bond acceptors (Lipinski definition) is 4. The normalized spacial score (nSPS) is 20.4. The highest BCUT2D eigenvalue weighted by molar-refractivity contribution is 14.1. The summed E-state index contributed by atoms with van der Waals surface area (Å²) in [5.74, 6) is -0.126. The Hall–Kier alpha value is 0.120. The molecular weight excluding hydrogens is 297 g/mol. The number of ether oxygens (including phenoxy) is 2. The molecule has 0 saturated carbocycles. The number of carbonyl (C=O) groups excluding carboxylic acids is 1. The van der Waals surface area contributed by atoms with Gasteiger partial charge in [-0.3, -0.25) is 9.69 Å². The number of alkyl halides is 1. The highest BCUT2D eigenvalue weighted by Gasteiger charge is 2.12. The molecule has 1 aliphatic rings. The number of hydrogen-bond donors (Lipinski definition) is 0. The summed E-state index contributed by atoms with van der Waals surface area (Å²) in [4.78, 5) is 13.4. The van der Waals surface area contributed by atoms with Gasteiger partial charge < -0.3 is 9.47 Å². The zero-order valence-electron chi connectivity index (χ0n) is 8.37. The second-order valence-corrected chi connectivity index (χ2v) is 5.11. The van der Waals surface area contributed by atoms with Crippen LogP contribution < -0.4 is 0 Å². The Morgan fingerprint density at radius 2 is 2.21 bits per heavy atom. The molecule has 1 rings (SSSR count). The van der Waals surface area contributed by atoms with Crippen molar-refractivity contribution < 1.29 is 14.3 Å². The molecule has 0 aromatic heterocycles. The van der Waals surface area contributed by atoms with Crippen LogP contribution in [-0.4, -0.2) is 54.2 Å². The van der Waals surface area contributed by atoms with Crippen LogP contribution in [0.1, 0.15) is 6.92 Å². The van der Waals surface area contributed by atoms with Gasteiger partial charge in [-0.25, -0.2) is 0 Å². The summed E-state index contributed by atoms with van der Waals surface area (Å²) in [6, 6.07) is 0. The van der Waals surface area contributed by atoms with Gasteiger partial charge in [0, 0.05) is 19.6 Å². The Morgan fingerprint density at radius 1 is 1.57 bits per heavy atom. The fraction of sp³-hybridized carbons (Fsp3) is 0.889. The van der Waals surface area contributed by atoms with Crippen LogP contribution in [0.4, 0.5) is 0 Å². The van der Waals surface area contributed by atoms with Gasteiger partial charge in [0.15, 0.2) is 0 Å². The van der Waals surface area contributed by atoms with E-state index in [4.69, 9.17) is 9.47 Å². The number of nitrogens with zero attached hydrogens (tertiary/aromatic N) is 1. The predicted molar refractivity (Wildman–Crippen MR) is 61.7 cm³/mol. The minimum Gasteiger partial charge on any atom is -0.464 e. The third-order valence-corrected chi connectivity index (χ3v) is 2.59. The van der Waals surface area contributed by atoms with Crippen molar-refractivity contribution in [2.75, 3.05) is 39.5 Å². The molecular formula is C9H16INO3. The lowest BCUT2D eigenvalue weighted by Gasteiger charge is -2.26. The molecule has 4 nitrogen and oxygen atoms in total. The van der Waals surface area contributed by atoms with Crippen LogP contribution in [0, 0.1) is 0 Å². The molecule has 1 unspecified atom stereocenters. The SMILES string of the molecule is CC(I)C(=O)OCCN1CCOCC1. The molecule has 0 aliphatic carbocycles. The molecule has 1 heterocycles. The van der Waals surface area contributed by atoms with Gasteiger partial charge in [-0.2, -0.15) is 0 Å². The van der Waals surface area contributed by atoms with Crippen LogP contribution in [0.5, 0.6) is 0 Å². The van der Waals surface area contributed by atoms with Crippen molar-refractivity contribution in [1.29, 1.82) is 0 Å². The maximum Gasteiger partial charge on any atom is 0.318 e. The van der Waals surface area contributed by atoms with Crippen molar-refractivity contribution in [3.05, 3.63) is 0 Å². The zero-order valence-corrected chi connectivity index (χ0v) is 10.5. The molecule has 0 aromatic rings. The van der Waals surface area contributed by atoms with Gasteiger partial charge >= 0.3 is 5.97 Å². The monoisotopic (exact) mass is 313 g/mol. The molecule has 1 aliphatic heterocycles. The van der Waals surface area contributed by atoms with Crippen LogP contribution in [-0.2, 0) is 14.3 Å². The fourth-order valence-corrected chi connectivity index (χ4v) is 1.39. The minimum atomic E-state index is -0.126. The van der Waals surface area contributed by atoms with Crippen LogP contribution in [0.2, 0.25) is 0 Å². The van der Waals surface area contributed by atoms with E-state index in [0.717, 1.165) is 32.8 Å². The van der Waals surface area contributed by atoms with Crippen molar-refractivity contribution in [3.63, 3.8) is 0 Å². The second-order valence-electron chi connectivity index (χ2n) is 3.24. The average Bonchev–Trinajstić information content (AvgIpc) is 2.19. The third-order valence-electron chi connectivity index (χ3n) is 2.08. The Bertz CT molecular complexity index is 181. The van der Waals surface area contributed by atoms with Crippen LogP contribution in [0.25, 0.3) is 0 Å². The molecule has 0 N–H and O–H groups in total. The van der Waals surface area contributed by atoms with Crippen molar-refractivity contribution >= 4 is 28.6 Å². The molecule has 0 aromatic carbocycles. The first-order valence-electron chi connectivity index (χ1n) is 4.81. The molecule has 0 bridgehead atoms. The van der Waals surface area contributed by atoms with Crippen LogP contribution in [0.15, 0.2) is 0 Å². The van der Waals surface area contributed by atoms with Crippen molar-refractivity contribution in [2.45, 2.75) is 10.8 Å². The topological polar surface area (TPSA) is 38.8 Å². The van der Waals surface area contributed by atoms with E-state index < -0.39 is 0 Å². The van der Waals surface area contributed by atoms with Gasteiger partial charge in [-0.15, -0.1) is 0 Å². The Kier molecular flexibility index (Phi) is 5.73. The standard InChI is InChI=1S/C9H16INO3/c1-8(10)9(12)14-7-4-11-2-5-13-6-3-11/h8H,2-7H2,1H3. The maximum atomic E-state index is 11.1. The number of carbonyl (C=O) groups is 1. The minimum absolute atomic E-state index is 0.0581. The van der Waals surface area contributed by atoms with Crippen molar-refractivity contribution in [2.24, 2.45) is 0 Å². The average molecular weight is 313 g/mol. The number of morpholine rings is 1. The summed E-state index contributed by atoms with van der Waals surface area (Å²) in [6.45, 7) is 6.60. The lowest BCUT2D eigenvalue weighted by molar-refractivity contribution is -0.142. The van der Waals surface area contributed by atoms with E-state index in [1.807, 2.05) is 6.92 Å². The molecule has 1 fully saturated rings. The molecule has 1 saturated heterocycles. The van der Waals surface area contributed by atoms with Gasteiger partial charge in [0.2, 0.25) is 0 Å². The highest BCUT2D eigenvalue weighted by atomic mass is 127. The predicted octanol–water partition coefficient (Wildman–Crippen LogP) is 0.685. The Balaban J connectivity index is 2.05. The van der Waals surface area contributed by atoms with Gasteiger partial charge in [-0.05, 0) is 6.92 Å². The number of rotatable bonds is 4. The molecule has 0 spiro atoms. The van der Waals surface area contributed by atoms with Crippen molar-refractivity contribution in [3.8, 4) is 0 Å². The molecule has 0 amide bonds. The lowest BCUT2D eigenvalue weighted by Crippen LogP contribution is -2.38. The van der Waals surface area contributed by atoms with Crippen LogP contribution >= 0.6 is 22.6 Å². The summed E-state index contributed by atoms with van der Waals surface area (Å²) in [5, 5.41) is 0. The quantitative estimate of drug-likeness (QED) is 0.435. The molecule has 1 atom stereocenters. The Morgan fingerprint density at radius 3 is 2.79 bits per heavy atom. The van der Waals surface area contributed by atoms with Gasteiger partial charge in [0.05, 0.1) is 13.2 Å². The Labute approximate surface area is 98.1 Å². The molecule has 14 heavy (non-hydrogen) atoms. The number of halogens is 1. The molecule has 82 valence electrons. The van der Waals surface area contributed by atoms with Gasteiger partial charge in [0.1, 0.15) is 10.5 Å². The summed E-state index contributed by atoms with van der Waals surface area (Å²) >= 11 is 2.05.